The second-order valence-electron chi connectivity index (χ2n) is 5.82. The van der Waals surface area contributed by atoms with Crippen LogP contribution in [0.25, 0.3) is 0 Å². The van der Waals surface area contributed by atoms with Crippen LogP contribution in [0.5, 0.6) is 0 Å². The lowest BCUT2D eigenvalue weighted by Crippen LogP contribution is -2.49. The molecule has 3 heterocycles. The van der Waals surface area contributed by atoms with Gasteiger partial charge in [-0.3, -0.25) is 4.79 Å². The van der Waals surface area contributed by atoms with Crippen LogP contribution in [0.3, 0.4) is 0 Å². The molecule has 23 heavy (non-hydrogen) atoms. The van der Waals surface area contributed by atoms with E-state index in [2.05, 4.69) is 14.9 Å². The van der Waals surface area contributed by atoms with E-state index in [0.29, 0.717) is 31.9 Å². The minimum atomic E-state index is -0.0613. The molecule has 0 radical (unpaired) electrons. The molecule has 0 aliphatic carbocycles. The molecule has 1 aliphatic rings. The van der Waals surface area contributed by atoms with Crippen LogP contribution in [0.15, 0.2) is 28.9 Å². The number of furan rings is 1. The summed E-state index contributed by atoms with van der Waals surface area (Å²) in [6.45, 7) is 4.66. The van der Waals surface area contributed by atoms with Crippen LogP contribution in [-0.4, -0.2) is 61.0 Å². The highest BCUT2D eigenvalue weighted by Crippen LogP contribution is 2.18. The smallest absolute Gasteiger partial charge is 0.289 e. The number of aryl methyl sites for hydroxylation is 1. The van der Waals surface area contributed by atoms with Gasteiger partial charge in [0.2, 0.25) is 5.95 Å². The maximum atomic E-state index is 12.3. The molecule has 0 N–H and O–H groups in total. The lowest BCUT2D eigenvalue weighted by atomic mass is 10.3. The third-order valence-corrected chi connectivity index (χ3v) is 3.87. The number of amides is 1. The number of hydrogen-bond donors (Lipinski definition) is 0. The van der Waals surface area contributed by atoms with E-state index in [4.69, 9.17) is 4.42 Å². The Balaban J connectivity index is 1.68. The minimum absolute atomic E-state index is 0.0613. The summed E-state index contributed by atoms with van der Waals surface area (Å²) in [6.07, 6.45) is 1.52. The molecule has 1 aliphatic heterocycles. The highest BCUT2D eigenvalue weighted by atomic mass is 16.3. The normalized spacial score (nSPS) is 14.9. The Labute approximate surface area is 135 Å². The van der Waals surface area contributed by atoms with Crippen LogP contribution in [0, 0.1) is 6.92 Å². The van der Waals surface area contributed by atoms with E-state index in [1.165, 1.54) is 6.26 Å². The summed E-state index contributed by atoms with van der Waals surface area (Å²) in [5, 5.41) is 0. The fourth-order valence-electron chi connectivity index (χ4n) is 2.57. The van der Waals surface area contributed by atoms with Crippen molar-refractivity contribution in [1.29, 1.82) is 0 Å². The largest absolute Gasteiger partial charge is 0.459 e. The molecule has 1 fully saturated rings. The van der Waals surface area contributed by atoms with Gasteiger partial charge in [0.25, 0.3) is 5.91 Å². The SMILES string of the molecule is Cc1cc(N(C)C)nc(N2CCN(C(=O)c3ccco3)CC2)n1. The lowest BCUT2D eigenvalue weighted by molar-refractivity contribution is 0.0714. The number of nitrogens with zero attached hydrogens (tertiary/aromatic N) is 5. The molecule has 3 rings (SSSR count). The first-order valence-electron chi connectivity index (χ1n) is 7.65. The average Bonchev–Trinajstić information content (AvgIpc) is 3.08. The van der Waals surface area contributed by atoms with Gasteiger partial charge in [0, 0.05) is 52.0 Å². The van der Waals surface area contributed by atoms with E-state index < -0.39 is 0 Å². The molecule has 0 unspecified atom stereocenters. The summed E-state index contributed by atoms with van der Waals surface area (Å²) < 4.78 is 5.18. The topological polar surface area (TPSA) is 65.7 Å². The number of carbonyl (C=O) groups is 1. The van der Waals surface area contributed by atoms with Gasteiger partial charge in [-0.05, 0) is 19.1 Å². The van der Waals surface area contributed by atoms with Gasteiger partial charge in [0.05, 0.1) is 6.26 Å². The maximum absolute atomic E-state index is 12.3. The van der Waals surface area contributed by atoms with Crippen molar-refractivity contribution in [2.45, 2.75) is 6.92 Å². The summed E-state index contributed by atoms with van der Waals surface area (Å²) in [7, 11) is 3.93. The Bertz CT molecular complexity index is 676. The highest BCUT2D eigenvalue weighted by Gasteiger charge is 2.25. The number of hydrogen-bond acceptors (Lipinski definition) is 6. The van der Waals surface area contributed by atoms with E-state index in [0.717, 1.165) is 17.5 Å². The first kappa shape index (κ1) is 15.3. The van der Waals surface area contributed by atoms with Gasteiger partial charge in [-0.1, -0.05) is 0 Å². The molecule has 7 heteroatoms. The number of aromatic nitrogens is 2. The first-order chi connectivity index (χ1) is 11.0. The Kier molecular flexibility index (Phi) is 4.18. The first-order valence-corrected chi connectivity index (χ1v) is 7.65. The van der Waals surface area contributed by atoms with Gasteiger partial charge in [-0.25, -0.2) is 4.98 Å². The zero-order valence-corrected chi connectivity index (χ0v) is 13.7. The van der Waals surface area contributed by atoms with Crippen LogP contribution in [0.1, 0.15) is 16.2 Å². The standard InChI is InChI=1S/C16H21N5O2/c1-12-11-14(19(2)3)18-16(17-12)21-8-6-20(7-9-21)15(22)13-5-4-10-23-13/h4-5,10-11H,6-9H2,1-3H3. The van der Waals surface area contributed by atoms with Crippen LogP contribution >= 0.6 is 0 Å². The van der Waals surface area contributed by atoms with Gasteiger partial charge >= 0.3 is 0 Å². The zero-order valence-electron chi connectivity index (χ0n) is 13.7. The molecule has 0 aromatic carbocycles. The van der Waals surface area contributed by atoms with Gasteiger partial charge < -0.3 is 19.1 Å². The number of anilines is 2. The molecule has 2 aromatic rings. The van der Waals surface area contributed by atoms with Crippen molar-refractivity contribution in [1.82, 2.24) is 14.9 Å². The monoisotopic (exact) mass is 315 g/mol. The van der Waals surface area contributed by atoms with Gasteiger partial charge in [0.15, 0.2) is 5.76 Å². The summed E-state index contributed by atoms with van der Waals surface area (Å²) >= 11 is 0. The Hall–Kier alpha value is -2.57. The molecular formula is C16H21N5O2. The summed E-state index contributed by atoms with van der Waals surface area (Å²) in [6, 6.07) is 5.38. The fraction of sp³-hybridized carbons (Fsp3) is 0.438. The highest BCUT2D eigenvalue weighted by molar-refractivity contribution is 5.91. The van der Waals surface area contributed by atoms with Crippen molar-refractivity contribution in [2.24, 2.45) is 0 Å². The second kappa shape index (κ2) is 6.28. The molecule has 1 amide bonds. The van der Waals surface area contributed by atoms with Gasteiger partial charge in [0.1, 0.15) is 5.82 Å². The van der Waals surface area contributed by atoms with E-state index >= 15 is 0 Å². The van der Waals surface area contributed by atoms with Crippen molar-refractivity contribution >= 4 is 17.7 Å². The predicted octanol–water partition coefficient (Wildman–Crippen LogP) is 1.41. The van der Waals surface area contributed by atoms with Crippen molar-refractivity contribution in [3.63, 3.8) is 0 Å². The number of rotatable bonds is 3. The van der Waals surface area contributed by atoms with Gasteiger partial charge in [-0.2, -0.15) is 4.98 Å². The predicted molar refractivity (Wildman–Crippen MR) is 87.9 cm³/mol. The van der Waals surface area contributed by atoms with Gasteiger partial charge in [-0.15, -0.1) is 0 Å². The molecule has 0 spiro atoms. The average molecular weight is 315 g/mol. The van der Waals surface area contributed by atoms with Crippen molar-refractivity contribution in [2.75, 3.05) is 50.1 Å². The van der Waals surface area contributed by atoms with Crippen molar-refractivity contribution < 1.29 is 9.21 Å². The minimum Gasteiger partial charge on any atom is -0.459 e. The summed E-state index contributed by atoms with van der Waals surface area (Å²) in [5.74, 6) is 1.94. The van der Waals surface area contributed by atoms with E-state index in [1.807, 2.05) is 32.0 Å². The molecular weight excluding hydrogens is 294 g/mol. The zero-order chi connectivity index (χ0) is 16.4. The molecule has 0 bridgehead atoms. The lowest BCUT2D eigenvalue weighted by Gasteiger charge is -2.34. The van der Waals surface area contributed by atoms with E-state index in [1.54, 1.807) is 17.0 Å². The van der Waals surface area contributed by atoms with Crippen LogP contribution in [-0.2, 0) is 0 Å². The molecule has 0 atom stereocenters. The van der Waals surface area contributed by atoms with Crippen LogP contribution in [0.2, 0.25) is 0 Å². The van der Waals surface area contributed by atoms with Crippen molar-refractivity contribution in [3.05, 3.63) is 35.9 Å². The van der Waals surface area contributed by atoms with Crippen LogP contribution in [0.4, 0.5) is 11.8 Å². The molecule has 122 valence electrons. The Morgan fingerprint density at radius 3 is 2.57 bits per heavy atom. The summed E-state index contributed by atoms with van der Waals surface area (Å²) in [4.78, 5) is 27.3. The number of piperazine rings is 1. The molecule has 0 saturated carbocycles. The quantitative estimate of drug-likeness (QED) is 0.853. The number of carbonyl (C=O) groups excluding carboxylic acids is 1. The third kappa shape index (κ3) is 3.28. The van der Waals surface area contributed by atoms with E-state index in [-0.39, 0.29) is 5.91 Å². The third-order valence-electron chi connectivity index (χ3n) is 3.87. The second-order valence-corrected chi connectivity index (χ2v) is 5.82. The van der Waals surface area contributed by atoms with Crippen LogP contribution < -0.4 is 9.80 Å². The maximum Gasteiger partial charge on any atom is 0.289 e. The summed E-state index contributed by atoms with van der Waals surface area (Å²) in [5.41, 5.74) is 0.938. The fourth-order valence-corrected chi connectivity index (χ4v) is 2.57. The Morgan fingerprint density at radius 1 is 1.22 bits per heavy atom. The van der Waals surface area contributed by atoms with Crippen molar-refractivity contribution in [3.8, 4) is 0 Å². The molecule has 2 aromatic heterocycles. The molecule has 1 saturated heterocycles. The Morgan fingerprint density at radius 2 is 1.96 bits per heavy atom. The molecule has 7 nitrogen and oxygen atoms in total. The van der Waals surface area contributed by atoms with E-state index in [9.17, 15) is 4.79 Å².